The van der Waals surface area contributed by atoms with E-state index in [0.717, 1.165) is 0 Å². The molecule has 6 heteroatoms. The Morgan fingerprint density at radius 1 is 1.12 bits per heavy atom. The number of carbonyl (C=O) groups excluding carboxylic acids is 1. The van der Waals surface area contributed by atoms with Crippen LogP contribution >= 0.6 is 10.7 Å². The van der Waals surface area contributed by atoms with Crippen LogP contribution in [-0.4, -0.2) is 14.3 Å². The minimum Gasteiger partial charge on any atom is -0.322 e. The zero-order valence-corrected chi connectivity index (χ0v) is 16.4. The first-order valence-electron chi connectivity index (χ1n) is 7.66. The third kappa shape index (κ3) is 10.0. The van der Waals surface area contributed by atoms with Crippen molar-refractivity contribution < 1.29 is 13.2 Å². The number of halogens is 1. The Hall–Kier alpha value is -1.85. The molecular weight excluding hydrogens is 346 g/mol. The number of nitrogens with one attached hydrogen (secondary N) is 1. The molecule has 0 unspecified atom stereocenters. The van der Waals surface area contributed by atoms with Crippen LogP contribution in [0.1, 0.15) is 34.6 Å². The molecule has 1 aromatic carbocycles. The highest BCUT2D eigenvalue weighted by atomic mass is 35.7. The number of anilines is 1. The van der Waals surface area contributed by atoms with Crippen LogP contribution in [-0.2, 0) is 13.8 Å². The molecule has 0 aliphatic carbocycles. The fourth-order valence-electron chi connectivity index (χ4n) is 1.33. The molecule has 1 N–H and O–H groups in total. The largest absolute Gasteiger partial charge is 0.322 e. The van der Waals surface area contributed by atoms with Gasteiger partial charge in [0.25, 0.3) is 15.0 Å². The van der Waals surface area contributed by atoms with Crippen LogP contribution in [0.3, 0.4) is 0 Å². The Morgan fingerprint density at radius 3 is 2.04 bits per heavy atom. The lowest BCUT2D eigenvalue weighted by atomic mass is 10.2. The summed E-state index contributed by atoms with van der Waals surface area (Å²) in [6.45, 7) is 12.8. The molecule has 1 aromatic rings. The van der Waals surface area contributed by atoms with Crippen molar-refractivity contribution in [3.63, 3.8) is 0 Å². The molecule has 0 fully saturated rings. The van der Waals surface area contributed by atoms with Gasteiger partial charge in [0.1, 0.15) is 0 Å². The van der Waals surface area contributed by atoms with E-state index in [1.54, 1.807) is 24.3 Å². The first-order valence-corrected chi connectivity index (χ1v) is 9.97. The maximum Gasteiger partial charge on any atom is 0.257 e. The second-order valence-corrected chi connectivity index (χ2v) is 6.61. The summed E-state index contributed by atoms with van der Waals surface area (Å²) in [5, 5.41) is 2.65. The molecule has 0 aliphatic heterocycles. The number of para-hydroxylation sites is 1. The summed E-state index contributed by atoms with van der Waals surface area (Å²) in [5.74, 6) is -0.448. The molecule has 0 heterocycles. The zero-order chi connectivity index (χ0) is 19.2. The maximum atomic E-state index is 12.1. The highest BCUT2D eigenvalue weighted by Gasteiger charge is 2.13. The molecule has 0 saturated carbocycles. The second-order valence-electron chi connectivity index (χ2n) is 3.87. The number of hydrogen-bond acceptors (Lipinski definition) is 3. The molecular formula is C18H26ClNO3S. The number of hydrogen-bond donors (Lipinski definition) is 1. The summed E-state index contributed by atoms with van der Waals surface area (Å²) < 4.78 is 22.3. The van der Waals surface area contributed by atoms with Gasteiger partial charge in [-0.1, -0.05) is 64.6 Å². The van der Waals surface area contributed by atoms with Crippen LogP contribution in [0.5, 0.6) is 0 Å². The lowest BCUT2D eigenvalue weighted by Crippen LogP contribution is -2.13. The first-order chi connectivity index (χ1) is 11.3. The molecule has 0 radical (unpaired) electrons. The molecule has 0 spiro atoms. The van der Waals surface area contributed by atoms with Gasteiger partial charge in [0.05, 0.1) is 4.91 Å². The van der Waals surface area contributed by atoms with Crippen molar-refractivity contribution in [1.82, 2.24) is 0 Å². The fraction of sp³-hybridized carbons (Fsp3) is 0.278. The third-order valence-corrected chi connectivity index (χ3v) is 3.95. The number of rotatable bonds is 5. The van der Waals surface area contributed by atoms with Crippen molar-refractivity contribution in [1.29, 1.82) is 0 Å². The van der Waals surface area contributed by atoms with Gasteiger partial charge in [-0.2, -0.15) is 0 Å². The van der Waals surface area contributed by atoms with Crippen LogP contribution < -0.4 is 5.32 Å². The highest BCUT2D eigenvalue weighted by Crippen LogP contribution is 2.15. The molecule has 4 nitrogen and oxygen atoms in total. The second kappa shape index (κ2) is 13.6. The monoisotopic (exact) mass is 371 g/mol. The Bertz CT molecular complexity index is 663. The molecule has 24 heavy (non-hydrogen) atoms. The Labute approximate surface area is 150 Å². The van der Waals surface area contributed by atoms with Crippen molar-refractivity contribution in [2.24, 2.45) is 0 Å². The van der Waals surface area contributed by atoms with E-state index in [0.29, 0.717) is 5.69 Å². The Balaban J connectivity index is 0. The molecule has 0 aliphatic rings. The van der Waals surface area contributed by atoms with Crippen LogP contribution in [0, 0.1) is 0 Å². The fourth-order valence-corrected chi connectivity index (χ4v) is 1.73. The quantitative estimate of drug-likeness (QED) is 0.436. The normalized spacial score (nSPS) is 11.2. The Kier molecular flexibility index (Phi) is 13.8. The zero-order valence-electron chi connectivity index (χ0n) is 14.8. The van der Waals surface area contributed by atoms with Crippen LogP contribution in [0.25, 0.3) is 0 Å². The lowest BCUT2D eigenvalue weighted by Gasteiger charge is -2.06. The topological polar surface area (TPSA) is 63.2 Å². The van der Waals surface area contributed by atoms with E-state index in [1.165, 1.54) is 25.2 Å². The number of amides is 1. The average molecular weight is 372 g/mol. The van der Waals surface area contributed by atoms with E-state index in [1.807, 2.05) is 33.8 Å². The lowest BCUT2D eigenvalue weighted by molar-refractivity contribution is -0.112. The summed E-state index contributed by atoms with van der Waals surface area (Å²) in [6, 6.07) is 8.81. The van der Waals surface area contributed by atoms with Gasteiger partial charge in [0.15, 0.2) is 0 Å². The van der Waals surface area contributed by atoms with E-state index < -0.39 is 15.0 Å². The van der Waals surface area contributed by atoms with Gasteiger partial charge in [-0.15, -0.1) is 0 Å². The van der Waals surface area contributed by atoms with Gasteiger partial charge >= 0.3 is 0 Å². The molecule has 0 bridgehead atoms. The predicted molar refractivity (Wildman–Crippen MR) is 105 cm³/mol. The van der Waals surface area contributed by atoms with Gasteiger partial charge in [0.2, 0.25) is 0 Å². The van der Waals surface area contributed by atoms with Crippen molar-refractivity contribution in [2.45, 2.75) is 34.6 Å². The van der Waals surface area contributed by atoms with Gasteiger partial charge in [-0.05, 0) is 25.1 Å². The Morgan fingerprint density at radius 2 is 1.62 bits per heavy atom. The van der Waals surface area contributed by atoms with Crippen molar-refractivity contribution >= 4 is 31.3 Å². The standard InChI is InChI=1S/C14H14ClNO3S.2C2H6/c1-3-7-12(10-11(2)20(15,18)19)14(17)16-13-8-5-4-6-9-13;2*1-2/h3-10H,1H2,2H3,(H,16,17);2*1-2H3/b11-10+,12-7+;;. The highest BCUT2D eigenvalue weighted by molar-refractivity contribution is 8.16. The molecule has 1 amide bonds. The summed E-state index contributed by atoms with van der Waals surface area (Å²) in [7, 11) is 1.37. The smallest absolute Gasteiger partial charge is 0.257 e. The van der Waals surface area contributed by atoms with E-state index in [-0.39, 0.29) is 10.5 Å². The van der Waals surface area contributed by atoms with E-state index in [4.69, 9.17) is 10.7 Å². The number of allylic oxidation sites excluding steroid dienone is 3. The van der Waals surface area contributed by atoms with Gasteiger partial charge < -0.3 is 5.32 Å². The van der Waals surface area contributed by atoms with Crippen molar-refractivity contribution in [3.05, 3.63) is 65.6 Å². The molecule has 0 atom stereocenters. The summed E-state index contributed by atoms with van der Waals surface area (Å²) in [4.78, 5) is 11.9. The predicted octanol–water partition coefficient (Wildman–Crippen LogP) is 5.26. The summed E-state index contributed by atoms with van der Waals surface area (Å²) >= 11 is 0. The summed E-state index contributed by atoms with van der Waals surface area (Å²) in [5.41, 5.74) is 0.748. The van der Waals surface area contributed by atoms with Gasteiger partial charge in [-0.3, -0.25) is 4.79 Å². The molecule has 134 valence electrons. The number of carbonyl (C=O) groups is 1. The average Bonchev–Trinajstić information content (AvgIpc) is 2.58. The number of benzene rings is 1. The van der Waals surface area contributed by atoms with Crippen LogP contribution in [0.4, 0.5) is 5.69 Å². The van der Waals surface area contributed by atoms with Crippen LogP contribution in [0.2, 0.25) is 0 Å². The van der Waals surface area contributed by atoms with Gasteiger partial charge in [0, 0.05) is 21.9 Å². The van der Waals surface area contributed by atoms with Crippen molar-refractivity contribution in [2.75, 3.05) is 5.32 Å². The summed E-state index contributed by atoms with van der Waals surface area (Å²) in [6.07, 6.45) is 4.00. The van der Waals surface area contributed by atoms with Gasteiger partial charge in [-0.25, -0.2) is 8.42 Å². The van der Waals surface area contributed by atoms with Crippen molar-refractivity contribution in [3.8, 4) is 0 Å². The third-order valence-electron chi connectivity index (χ3n) is 2.33. The first kappa shape index (κ1) is 24.4. The molecule has 0 saturated heterocycles. The van der Waals surface area contributed by atoms with Crippen LogP contribution in [0.15, 0.2) is 65.6 Å². The van der Waals surface area contributed by atoms with E-state index >= 15 is 0 Å². The SMILES string of the molecule is C=C/C=C(\C=C(/C)S(=O)(=O)Cl)C(=O)Nc1ccccc1.CC.CC. The minimum atomic E-state index is -3.84. The van der Waals surface area contributed by atoms with E-state index in [2.05, 4.69) is 11.9 Å². The maximum absolute atomic E-state index is 12.1. The molecule has 1 rings (SSSR count). The van der Waals surface area contributed by atoms with E-state index in [9.17, 15) is 13.2 Å². The minimum absolute atomic E-state index is 0.115. The molecule has 0 aromatic heterocycles.